The van der Waals surface area contributed by atoms with Crippen LogP contribution in [0.3, 0.4) is 0 Å². The van der Waals surface area contributed by atoms with Crippen LogP contribution < -0.4 is 5.32 Å². The fraction of sp³-hybridized carbons (Fsp3) is 0.296. The number of carbonyl (C=O) groups is 1. The van der Waals surface area contributed by atoms with Crippen LogP contribution in [0.4, 0.5) is 0 Å². The Kier molecular flexibility index (Phi) is 7.41. The Morgan fingerprint density at radius 3 is 1.68 bits per heavy atom. The van der Waals surface area contributed by atoms with Crippen molar-refractivity contribution in [1.29, 1.82) is 0 Å². The van der Waals surface area contributed by atoms with Crippen molar-refractivity contribution in [3.63, 3.8) is 0 Å². The molecule has 7 heteroatoms. The van der Waals surface area contributed by atoms with Crippen LogP contribution in [-0.4, -0.2) is 58.5 Å². The molecular weight excluding hydrogens is 434 g/mol. The third-order valence-electron chi connectivity index (χ3n) is 6.10. The summed E-state index contributed by atoms with van der Waals surface area (Å²) in [6.45, 7) is 1.12. The second-order valence-corrected chi connectivity index (χ2v) is 8.36. The number of hydrogen-bond acceptors (Lipinski definition) is 6. The number of carbonyl (C=O) groups excluding carboxylic acids is 1. The fourth-order valence-corrected chi connectivity index (χ4v) is 4.45. The number of amides is 1. The topological polar surface area (TPSA) is 108 Å². The summed E-state index contributed by atoms with van der Waals surface area (Å²) in [5.41, 5.74) is 1.57. The Bertz CT molecular complexity index is 966. The van der Waals surface area contributed by atoms with Gasteiger partial charge in [0.2, 0.25) is 5.91 Å². The third-order valence-corrected chi connectivity index (χ3v) is 6.10. The van der Waals surface area contributed by atoms with E-state index in [0.29, 0.717) is 0 Å². The third kappa shape index (κ3) is 4.75. The summed E-state index contributed by atoms with van der Waals surface area (Å²) >= 11 is 0. The summed E-state index contributed by atoms with van der Waals surface area (Å²) in [7, 11) is 0. The van der Waals surface area contributed by atoms with Gasteiger partial charge in [-0.2, -0.15) is 0 Å². The standard InChI is InChI=1S/C27H29NO6/c1-18(29)28-23-25(31)24(30)22(34-26(23)32)17-33-27(19-11-5-2-6-12-19,20-13-7-3-8-14-20)21-15-9-4-10-16-21/h2-16,22-26,30-32H,17H2,1H3,(H,28,29)/t22?,23-,24-,25-,26?/m1/s1. The van der Waals surface area contributed by atoms with Gasteiger partial charge in [-0.3, -0.25) is 4.79 Å². The van der Waals surface area contributed by atoms with Gasteiger partial charge in [0.25, 0.3) is 0 Å². The number of ether oxygens (including phenoxy) is 2. The number of benzene rings is 3. The van der Waals surface area contributed by atoms with Gasteiger partial charge in [-0.05, 0) is 16.7 Å². The largest absolute Gasteiger partial charge is 0.388 e. The van der Waals surface area contributed by atoms with Crippen molar-refractivity contribution in [3.8, 4) is 0 Å². The molecule has 34 heavy (non-hydrogen) atoms. The van der Waals surface area contributed by atoms with E-state index >= 15 is 0 Å². The van der Waals surface area contributed by atoms with Gasteiger partial charge in [0.15, 0.2) is 6.29 Å². The van der Waals surface area contributed by atoms with Gasteiger partial charge in [-0.15, -0.1) is 0 Å². The molecule has 7 nitrogen and oxygen atoms in total. The van der Waals surface area contributed by atoms with Crippen molar-refractivity contribution in [2.24, 2.45) is 0 Å². The maximum Gasteiger partial charge on any atom is 0.217 e. The van der Waals surface area contributed by atoms with Crippen LogP contribution in [0.1, 0.15) is 23.6 Å². The average Bonchev–Trinajstić information content (AvgIpc) is 2.87. The van der Waals surface area contributed by atoms with Crippen molar-refractivity contribution in [1.82, 2.24) is 5.32 Å². The normalized spacial score (nSPS) is 25.0. The monoisotopic (exact) mass is 463 g/mol. The Labute approximate surface area is 198 Å². The summed E-state index contributed by atoms with van der Waals surface area (Å²) in [5.74, 6) is -0.454. The SMILES string of the molecule is CC(=O)N[C@H]1C(O)OC(COC(c2ccccc2)(c2ccccc2)c2ccccc2)[C@@H](O)[C@@H]1O. The van der Waals surface area contributed by atoms with Crippen molar-refractivity contribution >= 4 is 5.91 Å². The van der Waals surface area contributed by atoms with Crippen molar-refractivity contribution in [3.05, 3.63) is 108 Å². The number of aliphatic hydroxyl groups is 3. The minimum Gasteiger partial charge on any atom is -0.388 e. The minimum absolute atomic E-state index is 0.138. The first-order chi connectivity index (χ1) is 16.4. The Morgan fingerprint density at radius 1 is 0.824 bits per heavy atom. The maximum atomic E-state index is 11.4. The van der Waals surface area contributed by atoms with Gasteiger partial charge >= 0.3 is 0 Å². The lowest BCUT2D eigenvalue weighted by molar-refractivity contribution is -0.261. The predicted octanol–water partition coefficient (Wildman–Crippen LogP) is 1.94. The first-order valence-corrected chi connectivity index (χ1v) is 11.2. The molecule has 0 bridgehead atoms. The molecule has 0 spiro atoms. The molecule has 0 aliphatic carbocycles. The molecule has 0 radical (unpaired) electrons. The first-order valence-electron chi connectivity index (χ1n) is 11.2. The molecule has 4 rings (SSSR count). The molecule has 0 aromatic heterocycles. The molecule has 1 aliphatic heterocycles. The summed E-state index contributed by atoms with van der Waals surface area (Å²) < 4.78 is 12.2. The Hall–Kier alpha value is -3.07. The molecule has 2 unspecified atom stereocenters. The van der Waals surface area contributed by atoms with Crippen LogP contribution in [0, 0.1) is 0 Å². The maximum absolute atomic E-state index is 11.4. The molecule has 1 heterocycles. The Morgan fingerprint density at radius 2 is 1.26 bits per heavy atom. The molecule has 3 aromatic carbocycles. The highest BCUT2D eigenvalue weighted by atomic mass is 16.6. The molecule has 1 amide bonds. The van der Waals surface area contributed by atoms with Crippen molar-refractivity contribution in [2.45, 2.75) is 43.2 Å². The van der Waals surface area contributed by atoms with Crippen LogP contribution in [0.2, 0.25) is 0 Å². The first kappa shape index (κ1) is 24.1. The zero-order valence-electron chi connectivity index (χ0n) is 18.8. The number of nitrogens with one attached hydrogen (secondary N) is 1. The molecule has 178 valence electrons. The lowest BCUT2D eigenvalue weighted by Gasteiger charge is -2.43. The van der Waals surface area contributed by atoms with E-state index < -0.39 is 42.2 Å². The zero-order valence-corrected chi connectivity index (χ0v) is 18.8. The quantitative estimate of drug-likeness (QED) is 0.399. The van der Waals surface area contributed by atoms with Gasteiger partial charge in [0, 0.05) is 6.92 Å². The van der Waals surface area contributed by atoms with E-state index in [1.165, 1.54) is 6.92 Å². The number of aliphatic hydroxyl groups excluding tert-OH is 3. The van der Waals surface area contributed by atoms with E-state index in [4.69, 9.17) is 9.47 Å². The smallest absolute Gasteiger partial charge is 0.217 e. The minimum atomic E-state index is -1.50. The van der Waals surface area contributed by atoms with Gasteiger partial charge in [-0.25, -0.2) is 0 Å². The van der Waals surface area contributed by atoms with Gasteiger partial charge in [0.05, 0.1) is 6.61 Å². The van der Waals surface area contributed by atoms with E-state index in [2.05, 4.69) is 5.32 Å². The molecule has 4 N–H and O–H groups in total. The zero-order chi connectivity index (χ0) is 24.1. The van der Waals surface area contributed by atoms with E-state index in [-0.39, 0.29) is 6.61 Å². The highest BCUT2D eigenvalue weighted by molar-refractivity contribution is 5.73. The van der Waals surface area contributed by atoms with Crippen LogP contribution in [0.5, 0.6) is 0 Å². The van der Waals surface area contributed by atoms with Gasteiger partial charge in [-0.1, -0.05) is 91.0 Å². The molecule has 5 atom stereocenters. The lowest BCUT2D eigenvalue weighted by atomic mass is 9.80. The van der Waals surface area contributed by atoms with E-state index in [1.807, 2.05) is 91.0 Å². The second kappa shape index (κ2) is 10.5. The Balaban J connectivity index is 1.71. The highest BCUT2D eigenvalue weighted by Gasteiger charge is 2.46. The van der Waals surface area contributed by atoms with Crippen LogP contribution >= 0.6 is 0 Å². The summed E-state index contributed by atoms with van der Waals surface area (Å²) in [6.07, 6.45) is -5.36. The van der Waals surface area contributed by atoms with Gasteiger partial charge in [0.1, 0.15) is 30.0 Å². The van der Waals surface area contributed by atoms with Crippen molar-refractivity contribution in [2.75, 3.05) is 6.61 Å². The molecule has 3 aromatic rings. The highest BCUT2D eigenvalue weighted by Crippen LogP contribution is 2.41. The number of hydrogen-bond donors (Lipinski definition) is 4. The molecule has 0 saturated carbocycles. The molecule has 1 saturated heterocycles. The van der Waals surface area contributed by atoms with Crippen molar-refractivity contribution < 1.29 is 29.6 Å². The summed E-state index contributed by atoms with van der Waals surface area (Å²) in [4.78, 5) is 11.4. The fourth-order valence-electron chi connectivity index (χ4n) is 4.45. The van der Waals surface area contributed by atoms with E-state index in [0.717, 1.165) is 16.7 Å². The van der Waals surface area contributed by atoms with Crippen LogP contribution in [-0.2, 0) is 19.9 Å². The summed E-state index contributed by atoms with van der Waals surface area (Å²) in [5, 5.41) is 34.1. The average molecular weight is 464 g/mol. The second-order valence-electron chi connectivity index (χ2n) is 8.36. The summed E-state index contributed by atoms with van der Waals surface area (Å²) in [6, 6.07) is 28.0. The molecule has 1 aliphatic rings. The lowest BCUT2D eigenvalue weighted by Crippen LogP contribution is -2.64. The van der Waals surface area contributed by atoms with E-state index in [9.17, 15) is 20.1 Å². The predicted molar refractivity (Wildman–Crippen MR) is 126 cm³/mol. The van der Waals surface area contributed by atoms with Gasteiger partial charge < -0.3 is 30.1 Å². The van der Waals surface area contributed by atoms with Crippen LogP contribution in [0.15, 0.2) is 91.0 Å². The molecular formula is C27H29NO6. The van der Waals surface area contributed by atoms with E-state index in [1.54, 1.807) is 0 Å². The number of rotatable bonds is 7. The molecule has 1 fully saturated rings. The van der Waals surface area contributed by atoms with Crippen LogP contribution in [0.25, 0.3) is 0 Å².